The number of piperidine rings is 1. The van der Waals surface area contributed by atoms with Crippen LogP contribution in [0.25, 0.3) is 0 Å². The largest absolute Gasteiger partial charge is 0.380 e. The highest BCUT2D eigenvalue weighted by Crippen LogP contribution is 2.30. The number of benzene rings is 8. The number of likely N-dealkylation sites (tertiary alicyclic amines) is 2. The number of hydrogen-bond donors (Lipinski definition) is 11. The molecular weight excluding hydrogens is 1720 g/mol. The molecule has 0 bridgehead atoms. The molecule has 4 amide bonds. The Morgan fingerprint density at radius 1 is 0.333 bits per heavy atom. The number of anilines is 8. The van der Waals surface area contributed by atoms with E-state index in [0.717, 1.165) is 109 Å². The number of nitrogens with one attached hydrogen (secondary N) is 11. The fourth-order valence-electron chi connectivity index (χ4n) is 12.8. The zero-order valence-corrected chi connectivity index (χ0v) is 72.8. The first-order valence-electron chi connectivity index (χ1n) is 39.1. The molecule has 0 unspecified atom stereocenters. The van der Waals surface area contributed by atoms with E-state index in [1.165, 1.54) is 31.2 Å². The zero-order valence-electron chi connectivity index (χ0n) is 66.7. The highest BCUT2D eigenvalue weighted by Gasteiger charge is 2.23. The molecule has 0 aliphatic carbocycles. The smallest absolute Gasteiger partial charge is 0.258 e. The number of nitrogens with zero attached hydrogens (tertiary/aromatic N) is 8. The van der Waals surface area contributed by atoms with Gasteiger partial charge < -0.3 is 62.6 Å². The van der Waals surface area contributed by atoms with Crippen LogP contribution in [0.4, 0.5) is 46.0 Å². The van der Waals surface area contributed by atoms with E-state index in [-0.39, 0.29) is 23.6 Å². The fraction of sp³-hybridized carbons (Fsp3) is 0.174. The number of aliphatic imine (C=N–C) groups is 1. The second-order valence-electron chi connectivity index (χ2n) is 28.6. The Morgan fingerprint density at radius 2 is 0.610 bits per heavy atom. The van der Waals surface area contributed by atoms with Gasteiger partial charge in [0.2, 0.25) is 0 Å². The van der Waals surface area contributed by atoms with Crippen molar-refractivity contribution in [1.82, 2.24) is 34.6 Å². The lowest BCUT2D eigenvalue weighted by molar-refractivity contribution is 0.101. The van der Waals surface area contributed by atoms with Gasteiger partial charge in [-0.2, -0.15) is 0 Å². The highest BCUT2D eigenvalue weighted by atomic mass is 35.5. The van der Waals surface area contributed by atoms with Gasteiger partial charge in [0.15, 0.2) is 0 Å². The minimum atomic E-state index is -0.324. The van der Waals surface area contributed by atoms with Crippen molar-refractivity contribution in [3.05, 3.63) is 350 Å². The predicted octanol–water partition coefficient (Wildman–Crippen LogP) is 21.9. The molecule has 31 heteroatoms. The molecular formula is C92H85Cl8N19O4. The number of hydrogen-bond acceptors (Lipinski definition) is 17. The SMILES string of the molecule is CC(=N)c1ccc(CNc2ccc(Cl)cc2C(=O)Nc2ccc(Cl)cn2)cc1.CN1CCN=C1c1ccc(CNc2ccc(Cl)cc2C(=O)Nc2ccc(Cl)cn2)cc1.N=C(c1ccc(CNc2ccc(Cl)cc2C(=O)Nc2ccc(Cl)cn2)cc1)N1CCC1.N=C(c1ccc(CNc2ccc(Cl)cc2C(=O)Nc2ccc(Cl)cn2)cc1)N1CCCCC1. The summed E-state index contributed by atoms with van der Waals surface area (Å²) in [5.41, 5.74) is 12.9. The van der Waals surface area contributed by atoms with Gasteiger partial charge in [-0.15, -0.1) is 0 Å². The molecule has 0 saturated carbocycles. The summed E-state index contributed by atoms with van der Waals surface area (Å²) in [7, 11) is 2.05. The van der Waals surface area contributed by atoms with Gasteiger partial charge in [0, 0.05) is 156 Å². The zero-order chi connectivity index (χ0) is 86.9. The number of carbonyl (C=O) groups excluding carboxylic acids is 4. The van der Waals surface area contributed by atoms with Gasteiger partial charge in [0.05, 0.1) is 48.9 Å². The van der Waals surface area contributed by atoms with Crippen molar-refractivity contribution in [2.45, 2.75) is 58.8 Å². The van der Waals surface area contributed by atoms with Crippen LogP contribution >= 0.6 is 92.8 Å². The van der Waals surface area contributed by atoms with Crippen molar-refractivity contribution in [2.75, 3.05) is 88.9 Å². The Kier molecular flexibility index (Phi) is 32.3. The maximum Gasteiger partial charge on any atom is 0.258 e. The summed E-state index contributed by atoms with van der Waals surface area (Å²) >= 11 is 47.9. The molecule has 0 radical (unpaired) electrons. The van der Waals surface area contributed by atoms with Gasteiger partial charge in [0.25, 0.3) is 23.6 Å². The molecule has 2 saturated heterocycles. The Bertz CT molecular complexity index is 5750. The minimum absolute atomic E-state index is 0.308. The molecule has 11 N–H and O–H groups in total. The maximum atomic E-state index is 12.8. The second kappa shape index (κ2) is 44.1. The Labute approximate surface area is 752 Å². The molecule has 12 aromatic rings. The first kappa shape index (κ1) is 90.1. The number of halogens is 8. The van der Waals surface area contributed by atoms with Crippen LogP contribution in [0.15, 0.2) is 248 Å². The van der Waals surface area contributed by atoms with Crippen LogP contribution in [-0.2, 0) is 26.2 Å². The monoisotopic (exact) mass is 1800 g/mol. The van der Waals surface area contributed by atoms with Gasteiger partial charge in [-0.05, 0) is 182 Å². The second-order valence-corrected chi connectivity index (χ2v) is 32.1. The van der Waals surface area contributed by atoms with E-state index >= 15 is 0 Å². The topological polar surface area (TPSA) is 310 Å². The summed E-state index contributed by atoms with van der Waals surface area (Å²) in [5.74, 6) is 2.52. The molecule has 7 heterocycles. The fourth-order valence-corrected chi connectivity index (χ4v) is 14.0. The summed E-state index contributed by atoms with van der Waals surface area (Å²) in [6.07, 6.45) is 10.6. The molecule has 23 nitrogen and oxygen atoms in total. The number of aromatic nitrogens is 4. The van der Waals surface area contributed by atoms with Crippen LogP contribution in [0.1, 0.15) is 119 Å². The summed E-state index contributed by atoms with van der Waals surface area (Å²) in [5, 5.41) is 52.5. The third-order valence-electron chi connectivity index (χ3n) is 19.7. The molecule has 628 valence electrons. The maximum absolute atomic E-state index is 12.8. The van der Waals surface area contributed by atoms with Crippen molar-refractivity contribution in [3.63, 3.8) is 0 Å². The van der Waals surface area contributed by atoms with Crippen molar-refractivity contribution in [2.24, 2.45) is 4.99 Å². The van der Waals surface area contributed by atoms with Crippen LogP contribution < -0.4 is 42.5 Å². The van der Waals surface area contributed by atoms with Gasteiger partial charge >= 0.3 is 0 Å². The van der Waals surface area contributed by atoms with Crippen LogP contribution in [-0.4, -0.2) is 128 Å². The molecule has 8 aromatic carbocycles. The van der Waals surface area contributed by atoms with Crippen LogP contribution in [0.3, 0.4) is 0 Å². The first-order chi connectivity index (χ1) is 59.4. The van der Waals surface area contributed by atoms with Crippen molar-refractivity contribution >= 4 is 186 Å². The lowest BCUT2D eigenvalue weighted by Crippen LogP contribution is -2.42. The van der Waals surface area contributed by atoms with E-state index in [2.05, 4.69) is 106 Å². The molecule has 123 heavy (non-hydrogen) atoms. The standard InChI is InChI=1S/C25H25Cl2N5O.2C23H21Cl2N5O.C21H18Cl2N4O/c26-19-8-10-22(21(14-19)25(33)31-23-11-9-20(27)16-30-23)29-15-17-4-6-18(7-5-17)24(28)32-12-2-1-3-13-32;1-30-11-10-26-22(30)16-4-2-15(3-5-16)13-27-20-8-6-17(24)12-19(20)23(31)29-21-9-7-18(25)14-28-21;24-17-6-8-20(19(12-17)23(31)29-21-9-7-18(25)14-28-21)27-13-15-2-4-16(5-3-15)22(26)30-10-1-11-30;1-13(24)15-4-2-14(3-5-15)11-25-19-8-6-16(22)10-18(19)21(28)27-20-9-7-17(23)12-26-20/h4-11,14,16,28-29H,1-3,12-13,15H2,(H,30,31,33);2-9,12,14,27H,10-11,13H2,1H3,(H,28,29,31);2-9,12,14,26-27H,1,10-11,13H2,(H,28,29,31);2-10,12,24-25H,11H2,1H3,(H,26,27,28). The number of rotatable bonds is 24. The third kappa shape index (κ3) is 26.4. The number of carbonyl (C=O) groups is 4. The van der Waals surface area contributed by atoms with Crippen molar-refractivity contribution in [1.29, 1.82) is 16.2 Å². The number of amides is 4. The Hall–Kier alpha value is -12.2. The number of pyridine rings is 4. The van der Waals surface area contributed by atoms with Crippen LogP contribution in [0, 0.1) is 16.2 Å². The van der Waals surface area contributed by atoms with Crippen LogP contribution in [0.5, 0.6) is 0 Å². The van der Waals surface area contributed by atoms with Gasteiger partial charge in [-0.1, -0.05) is 190 Å². The van der Waals surface area contributed by atoms with Gasteiger partial charge in [-0.3, -0.25) is 35.0 Å². The summed E-state index contributed by atoms with van der Waals surface area (Å²) < 4.78 is 0. The van der Waals surface area contributed by atoms with E-state index in [4.69, 9.17) is 109 Å². The average molecular weight is 1800 g/mol. The molecule has 0 spiro atoms. The highest BCUT2D eigenvalue weighted by molar-refractivity contribution is 6.34. The summed E-state index contributed by atoms with van der Waals surface area (Å²) in [6.45, 7) is 9.49. The van der Waals surface area contributed by atoms with Crippen molar-refractivity contribution < 1.29 is 19.2 Å². The molecule has 15 rings (SSSR count). The molecule has 4 aromatic heterocycles. The number of amidine groups is 3. The normalized spacial score (nSPS) is 12.5. The van der Waals surface area contributed by atoms with Gasteiger partial charge in [-0.25, -0.2) is 19.9 Å². The first-order valence-corrected chi connectivity index (χ1v) is 42.1. The van der Waals surface area contributed by atoms with E-state index in [1.807, 2.05) is 79.8 Å². The molecule has 2 fully saturated rings. The average Bonchev–Trinajstić information content (AvgIpc) is 1.83. The quantitative estimate of drug-likeness (QED) is 0.0198. The summed E-state index contributed by atoms with van der Waals surface area (Å²) in [6, 6.07) is 65.6. The molecule has 3 aliphatic heterocycles. The third-order valence-corrected chi connectivity index (χ3v) is 21.5. The molecule has 0 atom stereocenters. The Morgan fingerprint density at radius 3 is 0.862 bits per heavy atom. The lowest BCUT2D eigenvalue weighted by Gasteiger charge is -2.33. The van der Waals surface area contributed by atoms with E-state index < -0.39 is 0 Å². The van der Waals surface area contributed by atoms with E-state index in [1.54, 1.807) is 128 Å². The van der Waals surface area contributed by atoms with Gasteiger partial charge in [0.1, 0.15) is 40.8 Å². The lowest BCUT2D eigenvalue weighted by atomic mass is 10.1. The summed E-state index contributed by atoms with van der Waals surface area (Å²) in [4.78, 5) is 78.4. The van der Waals surface area contributed by atoms with Crippen LogP contribution in [0.2, 0.25) is 40.2 Å². The number of likely N-dealkylation sites (N-methyl/N-ethyl adjacent to an activating group) is 1. The van der Waals surface area contributed by atoms with Crippen molar-refractivity contribution in [3.8, 4) is 0 Å². The minimum Gasteiger partial charge on any atom is -0.380 e. The molecule has 3 aliphatic rings. The predicted molar refractivity (Wildman–Crippen MR) is 501 cm³/mol. The van der Waals surface area contributed by atoms with E-state index in [0.29, 0.717) is 152 Å². The Balaban J connectivity index is 0.000000150. The van der Waals surface area contributed by atoms with E-state index in [9.17, 15) is 19.2 Å².